The van der Waals surface area contributed by atoms with Gasteiger partial charge in [0.15, 0.2) is 11.0 Å². The molecule has 0 saturated carbocycles. The van der Waals surface area contributed by atoms with E-state index in [0.717, 1.165) is 6.07 Å². The lowest BCUT2D eigenvalue weighted by Gasteiger charge is -2.42. The van der Waals surface area contributed by atoms with Crippen LogP contribution >= 0.6 is 0 Å². The molecule has 0 bridgehead atoms. The van der Waals surface area contributed by atoms with Crippen molar-refractivity contribution >= 4 is 11.0 Å². The number of aliphatic hydroxyl groups excluding tert-OH is 8. The number of benzene rings is 2. The summed E-state index contributed by atoms with van der Waals surface area (Å²) in [6, 6.07) is 6.37. The first-order valence-electron chi connectivity index (χ1n) is 12.9. The summed E-state index contributed by atoms with van der Waals surface area (Å²) in [5.41, 5.74) is -2.48. The monoisotopic (exact) mass is 594 g/mol. The van der Waals surface area contributed by atoms with Crippen LogP contribution in [0, 0.1) is 0 Å². The average Bonchev–Trinajstić information content (AvgIpc) is 2.97. The fraction of sp³-hybridized carbons (Fsp3) is 0.444. The molecule has 0 amide bonds. The summed E-state index contributed by atoms with van der Waals surface area (Å²) in [6.07, 6.45) is -18.2. The first-order chi connectivity index (χ1) is 19.9. The molecule has 0 unspecified atom stereocenters. The molecule has 0 aliphatic carbocycles. The van der Waals surface area contributed by atoms with Crippen LogP contribution < -0.4 is 5.43 Å². The minimum atomic E-state index is -2.02. The van der Waals surface area contributed by atoms with E-state index < -0.39 is 113 Å². The predicted octanol–water partition coefficient (Wildman–Crippen LogP) is -2.39. The van der Waals surface area contributed by atoms with Gasteiger partial charge in [0, 0.05) is 11.6 Å². The molecule has 42 heavy (non-hydrogen) atoms. The van der Waals surface area contributed by atoms with Gasteiger partial charge in [-0.3, -0.25) is 4.79 Å². The molecule has 2 aliphatic rings. The minimum Gasteiger partial charge on any atom is -0.508 e. The van der Waals surface area contributed by atoms with Crippen molar-refractivity contribution in [2.24, 2.45) is 0 Å². The highest BCUT2D eigenvalue weighted by Gasteiger charge is 2.50. The highest BCUT2D eigenvalue weighted by Crippen LogP contribution is 2.51. The van der Waals surface area contributed by atoms with E-state index in [1.807, 2.05) is 0 Å². The Morgan fingerprint density at radius 1 is 0.643 bits per heavy atom. The molecular formula is C27H30O15. The lowest BCUT2D eigenvalue weighted by atomic mass is 9.85. The smallest absolute Gasteiger partial charge is 0.197 e. The van der Waals surface area contributed by atoms with Crippen LogP contribution in [0.4, 0.5) is 0 Å². The fourth-order valence-electron chi connectivity index (χ4n) is 5.39. The van der Waals surface area contributed by atoms with Crippen LogP contribution in [0.5, 0.6) is 17.2 Å². The Bertz CT molecular complexity index is 1500. The third-order valence-corrected chi connectivity index (χ3v) is 7.70. The van der Waals surface area contributed by atoms with E-state index in [1.54, 1.807) is 0 Å². The number of rotatable bonds is 5. The molecule has 1 aromatic heterocycles. The summed E-state index contributed by atoms with van der Waals surface area (Å²) in [6.45, 7) is -1.70. The highest BCUT2D eigenvalue weighted by molar-refractivity contribution is 5.92. The van der Waals surface area contributed by atoms with Gasteiger partial charge in [-0.1, -0.05) is 0 Å². The highest BCUT2D eigenvalue weighted by atomic mass is 16.6. The summed E-state index contributed by atoms with van der Waals surface area (Å²) in [5.74, 6) is -2.20. The van der Waals surface area contributed by atoms with Crippen molar-refractivity contribution in [3.05, 3.63) is 51.7 Å². The van der Waals surface area contributed by atoms with Crippen LogP contribution in [0.3, 0.4) is 0 Å². The molecule has 228 valence electrons. The van der Waals surface area contributed by atoms with Gasteiger partial charge in [0.05, 0.1) is 24.3 Å². The zero-order valence-electron chi connectivity index (χ0n) is 21.6. The number of phenolic OH excluding ortho intramolecular Hbond substituents is 3. The summed E-state index contributed by atoms with van der Waals surface area (Å²) in [7, 11) is 0. The molecule has 5 rings (SSSR count). The molecule has 0 radical (unpaired) electrons. The normalized spacial score (nSPS) is 33.6. The second-order valence-corrected chi connectivity index (χ2v) is 10.2. The van der Waals surface area contributed by atoms with Crippen LogP contribution in [0.1, 0.15) is 23.3 Å². The van der Waals surface area contributed by atoms with Gasteiger partial charge in [0.1, 0.15) is 89.4 Å². The van der Waals surface area contributed by atoms with Gasteiger partial charge in [-0.15, -0.1) is 0 Å². The van der Waals surface area contributed by atoms with E-state index >= 15 is 0 Å². The predicted molar refractivity (Wildman–Crippen MR) is 138 cm³/mol. The molecular weight excluding hydrogens is 564 g/mol. The van der Waals surface area contributed by atoms with Crippen LogP contribution in [-0.2, 0) is 9.47 Å². The molecule has 11 N–H and O–H groups in total. The van der Waals surface area contributed by atoms with Crippen molar-refractivity contribution in [1.29, 1.82) is 0 Å². The van der Waals surface area contributed by atoms with Crippen LogP contribution in [0.2, 0.25) is 0 Å². The Labute approximate surface area is 235 Å². The van der Waals surface area contributed by atoms with E-state index in [-0.39, 0.29) is 17.1 Å². The van der Waals surface area contributed by atoms with E-state index in [9.17, 15) is 61.0 Å². The number of hydrogen-bond acceptors (Lipinski definition) is 15. The zero-order valence-corrected chi connectivity index (χ0v) is 21.6. The standard InChI is InChI=1S/C27H30O15/c28-6-12-17(32)21(36)23(38)26(41-12)15-19(34)14-10(31)5-11(8-1-3-9(30)4-2-8)40-25(14)16(20(15)35)27-24(39)22(37)18(33)13(7-29)42-27/h1-5,12-13,17-18,21-24,26-30,32-39H,6-7H2/t12-,13-,17+,18+,21+,22+,23+,24+,26+,27+/m0/s1. The molecule has 2 aromatic carbocycles. The summed E-state index contributed by atoms with van der Waals surface area (Å²) in [4.78, 5) is 13.5. The lowest BCUT2D eigenvalue weighted by molar-refractivity contribution is -0.234. The third kappa shape index (κ3) is 4.79. The molecule has 15 heteroatoms. The van der Waals surface area contributed by atoms with Crippen molar-refractivity contribution in [2.45, 2.75) is 61.0 Å². The summed E-state index contributed by atoms with van der Waals surface area (Å²) >= 11 is 0. The topological polar surface area (TPSA) is 271 Å². The number of aliphatic hydroxyl groups is 8. The summed E-state index contributed by atoms with van der Waals surface area (Å²) < 4.78 is 17.0. The first kappa shape index (κ1) is 30.1. The van der Waals surface area contributed by atoms with Gasteiger partial charge in [0.25, 0.3) is 0 Å². The number of hydrogen-bond donors (Lipinski definition) is 11. The van der Waals surface area contributed by atoms with Gasteiger partial charge in [-0.2, -0.15) is 0 Å². The van der Waals surface area contributed by atoms with Gasteiger partial charge in [0.2, 0.25) is 0 Å². The minimum absolute atomic E-state index is 0.0941. The lowest BCUT2D eigenvalue weighted by Crippen LogP contribution is -2.55. The number of aromatic hydroxyl groups is 3. The fourth-order valence-corrected chi connectivity index (χ4v) is 5.39. The van der Waals surface area contributed by atoms with Gasteiger partial charge in [-0.25, -0.2) is 0 Å². The maximum atomic E-state index is 13.5. The summed E-state index contributed by atoms with van der Waals surface area (Å²) in [5, 5.41) is 114. The molecule has 2 saturated heterocycles. The number of phenols is 3. The first-order valence-corrected chi connectivity index (χ1v) is 12.9. The molecule has 3 heterocycles. The van der Waals surface area contributed by atoms with Crippen LogP contribution in [0.25, 0.3) is 22.3 Å². The largest absolute Gasteiger partial charge is 0.508 e. The Kier molecular flexibility index (Phi) is 8.16. The Morgan fingerprint density at radius 2 is 1.14 bits per heavy atom. The molecule has 3 aromatic rings. The second kappa shape index (κ2) is 11.4. The number of fused-ring (bicyclic) bond motifs is 1. The maximum Gasteiger partial charge on any atom is 0.197 e. The van der Waals surface area contributed by atoms with E-state index in [2.05, 4.69) is 0 Å². The Morgan fingerprint density at radius 3 is 1.64 bits per heavy atom. The molecule has 2 aliphatic heterocycles. The molecule has 2 fully saturated rings. The van der Waals surface area contributed by atoms with Crippen molar-refractivity contribution in [3.63, 3.8) is 0 Å². The molecule has 15 nitrogen and oxygen atoms in total. The quantitative estimate of drug-likeness (QED) is 0.147. The van der Waals surface area contributed by atoms with Crippen molar-refractivity contribution < 1.29 is 70.1 Å². The van der Waals surface area contributed by atoms with Crippen molar-refractivity contribution in [2.75, 3.05) is 13.2 Å². The van der Waals surface area contributed by atoms with Gasteiger partial charge >= 0.3 is 0 Å². The van der Waals surface area contributed by atoms with E-state index in [0.29, 0.717) is 0 Å². The Balaban J connectivity index is 1.82. The number of ether oxygens (including phenoxy) is 2. The maximum absolute atomic E-state index is 13.5. The van der Waals surface area contributed by atoms with Crippen LogP contribution in [-0.4, -0.2) is 118 Å². The Hall–Kier alpha value is -3.35. The van der Waals surface area contributed by atoms with E-state index in [4.69, 9.17) is 13.9 Å². The van der Waals surface area contributed by atoms with E-state index in [1.165, 1.54) is 24.3 Å². The van der Waals surface area contributed by atoms with Gasteiger partial charge in [-0.05, 0) is 24.3 Å². The molecule has 0 spiro atoms. The molecule has 10 atom stereocenters. The van der Waals surface area contributed by atoms with Crippen LogP contribution in [0.15, 0.2) is 39.5 Å². The third-order valence-electron chi connectivity index (χ3n) is 7.70. The van der Waals surface area contributed by atoms with Gasteiger partial charge < -0.3 is 70.1 Å². The second-order valence-electron chi connectivity index (χ2n) is 10.2. The average molecular weight is 595 g/mol. The van der Waals surface area contributed by atoms with Crippen molar-refractivity contribution in [3.8, 4) is 28.6 Å². The SMILES string of the molecule is O=c1cc(-c2ccc(O)cc2)oc2c([C@H]3O[C@@H](CO)[C@@H](O)[C@@H](O)[C@H]3O)c(O)c([C@H]3O[C@@H](CO)[C@@H](O)[C@@H](O)[C@H]3O)c(O)c12. The zero-order chi connectivity index (χ0) is 30.6. The van der Waals surface area contributed by atoms with Crippen molar-refractivity contribution in [1.82, 2.24) is 0 Å².